The van der Waals surface area contributed by atoms with E-state index >= 15 is 0 Å². The molecule has 1 rings (SSSR count). The topological polar surface area (TPSA) is 90.6 Å². The SMILES string of the molecule is COC(=O)C[C@H](N)[C@H](Cc1ccccc1)NC(=O)OC(C)(C)C. The van der Waals surface area contributed by atoms with E-state index in [1.54, 1.807) is 20.8 Å². The summed E-state index contributed by atoms with van der Waals surface area (Å²) in [5.41, 5.74) is 6.49. The van der Waals surface area contributed by atoms with Crippen LogP contribution in [0.1, 0.15) is 32.8 Å². The van der Waals surface area contributed by atoms with Gasteiger partial charge in [0.15, 0.2) is 0 Å². The molecule has 0 fully saturated rings. The van der Waals surface area contributed by atoms with Crippen LogP contribution in [0.2, 0.25) is 0 Å². The number of rotatable bonds is 6. The van der Waals surface area contributed by atoms with Gasteiger partial charge in [-0.05, 0) is 32.8 Å². The minimum atomic E-state index is -0.603. The van der Waals surface area contributed by atoms with E-state index in [-0.39, 0.29) is 6.42 Å². The van der Waals surface area contributed by atoms with Crippen LogP contribution in [-0.4, -0.2) is 36.9 Å². The van der Waals surface area contributed by atoms with Gasteiger partial charge < -0.3 is 20.5 Å². The molecule has 1 aromatic rings. The highest BCUT2D eigenvalue weighted by Crippen LogP contribution is 2.11. The highest BCUT2D eigenvalue weighted by atomic mass is 16.6. The number of hydrogen-bond donors (Lipinski definition) is 2. The van der Waals surface area contributed by atoms with Gasteiger partial charge in [0.25, 0.3) is 0 Å². The van der Waals surface area contributed by atoms with E-state index < -0.39 is 29.7 Å². The first kappa shape index (κ1) is 19.0. The molecular formula is C17H26N2O4. The number of alkyl carbamates (subject to hydrolysis) is 1. The van der Waals surface area contributed by atoms with E-state index in [0.717, 1.165) is 5.56 Å². The number of carbonyl (C=O) groups excluding carboxylic acids is 2. The van der Waals surface area contributed by atoms with Crippen LogP contribution in [-0.2, 0) is 20.7 Å². The molecule has 0 unspecified atom stereocenters. The molecule has 23 heavy (non-hydrogen) atoms. The lowest BCUT2D eigenvalue weighted by Gasteiger charge is -2.27. The molecule has 1 aromatic carbocycles. The van der Waals surface area contributed by atoms with Gasteiger partial charge >= 0.3 is 12.1 Å². The standard InChI is InChI=1S/C17H26N2O4/c1-17(2,3)23-16(21)19-14(13(18)11-15(20)22-4)10-12-8-6-5-7-9-12/h5-9,13-14H,10-11,18H2,1-4H3,(H,19,21)/t13-,14-/m0/s1. The first-order valence-electron chi connectivity index (χ1n) is 7.57. The second-order valence-electron chi connectivity index (χ2n) is 6.39. The Balaban J connectivity index is 2.79. The van der Waals surface area contributed by atoms with Crippen LogP contribution < -0.4 is 11.1 Å². The van der Waals surface area contributed by atoms with Crippen LogP contribution in [0, 0.1) is 0 Å². The zero-order chi connectivity index (χ0) is 17.5. The van der Waals surface area contributed by atoms with Crippen LogP contribution in [0.25, 0.3) is 0 Å². The van der Waals surface area contributed by atoms with Gasteiger partial charge in [-0.15, -0.1) is 0 Å². The average molecular weight is 322 g/mol. The normalized spacial score (nSPS) is 13.8. The summed E-state index contributed by atoms with van der Waals surface area (Å²) >= 11 is 0. The van der Waals surface area contributed by atoms with Crippen LogP contribution in [0.15, 0.2) is 30.3 Å². The van der Waals surface area contributed by atoms with E-state index in [0.29, 0.717) is 6.42 Å². The van der Waals surface area contributed by atoms with Crippen molar-refractivity contribution in [3.63, 3.8) is 0 Å². The van der Waals surface area contributed by atoms with Crippen LogP contribution in [0.4, 0.5) is 4.79 Å². The molecule has 0 aromatic heterocycles. The molecule has 0 radical (unpaired) electrons. The van der Waals surface area contributed by atoms with Crippen molar-refractivity contribution < 1.29 is 19.1 Å². The van der Waals surface area contributed by atoms with E-state index in [9.17, 15) is 9.59 Å². The molecule has 0 aliphatic carbocycles. The lowest BCUT2D eigenvalue weighted by Crippen LogP contribution is -2.51. The van der Waals surface area contributed by atoms with Crippen LogP contribution in [0.3, 0.4) is 0 Å². The number of benzene rings is 1. The Labute approximate surface area is 137 Å². The van der Waals surface area contributed by atoms with Crippen molar-refractivity contribution in [3.05, 3.63) is 35.9 Å². The maximum Gasteiger partial charge on any atom is 0.407 e. The average Bonchev–Trinajstić information content (AvgIpc) is 2.45. The molecule has 0 saturated heterocycles. The summed E-state index contributed by atoms with van der Waals surface area (Å²) in [6.07, 6.45) is -0.0408. The van der Waals surface area contributed by atoms with Gasteiger partial charge in [-0.3, -0.25) is 4.79 Å². The van der Waals surface area contributed by atoms with Crippen molar-refractivity contribution in [2.45, 2.75) is 51.3 Å². The quantitative estimate of drug-likeness (QED) is 0.782. The van der Waals surface area contributed by atoms with Crippen molar-refractivity contribution in [2.24, 2.45) is 5.73 Å². The second kappa shape index (κ2) is 8.53. The fourth-order valence-electron chi connectivity index (χ4n) is 2.05. The molecule has 6 nitrogen and oxygen atoms in total. The third-order valence-electron chi connectivity index (χ3n) is 3.15. The molecule has 0 bridgehead atoms. The van der Waals surface area contributed by atoms with Crippen molar-refractivity contribution in [1.82, 2.24) is 5.32 Å². The first-order valence-corrected chi connectivity index (χ1v) is 7.57. The number of nitrogens with two attached hydrogens (primary N) is 1. The minimum absolute atomic E-state index is 0.0177. The lowest BCUT2D eigenvalue weighted by atomic mass is 9.98. The molecule has 128 valence electrons. The van der Waals surface area contributed by atoms with Gasteiger partial charge in [-0.25, -0.2) is 4.79 Å². The van der Waals surface area contributed by atoms with Crippen molar-refractivity contribution in [3.8, 4) is 0 Å². The number of ether oxygens (including phenoxy) is 2. The highest BCUT2D eigenvalue weighted by molar-refractivity contribution is 5.71. The monoisotopic (exact) mass is 322 g/mol. The summed E-state index contributed by atoms with van der Waals surface area (Å²) < 4.78 is 9.91. The zero-order valence-electron chi connectivity index (χ0n) is 14.2. The summed E-state index contributed by atoms with van der Waals surface area (Å²) in [7, 11) is 1.31. The fraction of sp³-hybridized carbons (Fsp3) is 0.529. The Hall–Kier alpha value is -2.08. The lowest BCUT2D eigenvalue weighted by molar-refractivity contribution is -0.141. The number of esters is 1. The largest absolute Gasteiger partial charge is 0.469 e. The third-order valence-corrected chi connectivity index (χ3v) is 3.15. The summed E-state index contributed by atoms with van der Waals surface area (Å²) in [5, 5.41) is 2.76. The number of amides is 1. The molecule has 0 aliphatic rings. The van der Waals surface area contributed by atoms with Crippen molar-refractivity contribution >= 4 is 12.1 Å². The van der Waals surface area contributed by atoms with E-state index in [1.165, 1.54) is 7.11 Å². The summed E-state index contributed by atoms with van der Waals surface area (Å²) in [5.74, 6) is -0.415. The Morgan fingerprint density at radius 1 is 1.22 bits per heavy atom. The molecule has 6 heteroatoms. The third kappa shape index (κ3) is 7.65. The summed E-state index contributed by atoms with van der Waals surface area (Å²) in [6, 6.07) is 8.59. The number of methoxy groups -OCH3 is 1. The molecule has 2 atom stereocenters. The zero-order valence-corrected chi connectivity index (χ0v) is 14.2. The number of carbonyl (C=O) groups is 2. The summed E-state index contributed by atoms with van der Waals surface area (Å²) in [4.78, 5) is 23.5. The van der Waals surface area contributed by atoms with Gasteiger partial charge in [0, 0.05) is 6.04 Å². The first-order chi connectivity index (χ1) is 10.7. The molecule has 1 amide bonds. The Morgan fingerprint density at radius 3 is 2.35 bits per heavy atom. The molecule has 3 N–H and O–H groups in total. The Morgan fingerprint density at radius 2 is 1.83 bits per heavy atom. The van der Waals surface area contributed by atoms with Gasteiger partial charge in [0.1, 0.15) is 5.60 Å². The minimum Gasteiger partial charge on any atom is -0.469 e. The second-order valence-corrected chi connectivity index (χ2v) is 6.39. The summed E-state index contributed by atoms with van der Waals surface area (Å²) in [6.45, 7) is 5.35. The van der Waals surface area contributed by atoms with E-state index in [2.05, 4.69) is 10.1 Å². The van der Waals surface area contributed by atoms with Crippen LogP contribution >= 0.6 is 0 Å². The van der Waals surface area contributed by atoms with Gasteiger partial charge in [-0.2, -0.15) is 0 Å². The maximum atomic E-state index is 12.0. The van der Waals surface area contributed by atoms with Gasteiger partial charge in [0.05, 0.1) is 19.6 Å². The van der Waals surface area contributed by atoms with Gasteiger partial charge in [0.2, 0.25) is 0 Å². The van der Waals surface area contributed by atoms with Crippen LogP contribution in [0.5, 0.6) is 0 Å². The Bertz CT molecular complexity index is 511. The predicted octanol–water partition coefficient (Wildman–Crippen LogP) is 2.01. The molecule has 0 spiro atoms. The van der Waals surface area contributed by atoms with Crippen molar-refractivity contribution in [1.29, 1.82) is 0 Å². The Kier molecular flexibility index (Phi) is 7.03. The van der Waals surface area contributed by atoms with Gasteiger partial charge in [-0.1, -0.05) is 30.3 Å². The maximum absolute atomic E-state index is 12.0. The molecule has 0 aliphatic heterocycles. The van der Waals surface area contributed by atoms with E-state index in [1.807, 2.05) is 30.3 Å². The van der Waals surface area contributed by atoms with E-state index in [4.69, 9.17) is 10.5 Å². The highest BCUT2D eigenvalue weighted by Gasteiger charge is 2.25. The smallest absolute Gasteiger partial charge is 0.407 e. The fourth-order valence-corrected chi connectivity index (χ4v) is 2.05. The van der Waals surface area contributed by atoms with Crippen molar-refractivity contribution in [2.75, 3.05) is 7.11 Å². The number of nitrogens with one attached hydrogen (secondary N) is 1. The predicted molar refractivity (Wildman–Crippen MR) is 87.9 cm³/mol. The molecule has 0 heterocycles. The number of hydrogen-bond acceptors (Lipinski definition) is 5. The molecule has 0 saturated carbocycles. The molecular weight excluding hydrogens is 296 g/mol.